The number of nitrogens with two attached hydrogens (primary N) is 1. The summed E-state index contributed by atoms with van der Waals surface area (Å²) in [7, 11) is 0. The Morgan fingerprint density at radius 3 is 1.84 bits per heavy atom. The topological polar surface area (TPSA) is 38.9 Å². The molecule has 1 aromatic carbocycles. The van der Waals surface area contributed by atoms with Gasteiger partial charge in [0.15, 0.2) is 23.3 Å². The molecule has 1 heterocycles. The van der Waals surface area contributed by atoms with Gasteiger partial charge in [-0.3, -0.25) is 0 Å². The Morgan fingerprint density at radius 1 is 0.895 bits per heavy atom. The van der Waals surface area contributed by atoms with E-state index in [4.69, 9.17) is 5.73 Å². The average Bonchev–Trinajstić information content (AvgIpc) is 2.38. The van der Waals surface area contributed by atoms with Crippen molar-refractivity contribution in [3.8, 4) is 11.1 Å². The molecule has 0 atom stereocenters. The van der Waals surface area contributed by atoms with E-state index in [0.717, 1.165) is 6.20 Å². The number of anilines is 1. The van der Waals surface area contributed by atoms with Crippen molar-refractivity contribution in [3.63, 3.8) is 0 Å². The number of pyridine rings is 1. The van der Waals surface area contributed by atoms with Gasteiger partial charge in [-0.15, -0.1) is 0 Å². The first-order chi connectivity index (χ1) is 8.84. The molecule has 19 heavy (non-hydrogen) atoms. The molecule has 0 saturated heterocycles. The summed E-state index contributed by atoms with van der Waals surface area (Å²) in [6.07, 6.45) is 0.940. The highest BCUT2D eigenvalue weighted by molar-refractivity contribution is 14.1. The summed E-state index contributed by atoms with van der Waals surface area (Å²) >= 11 is 1.73. The molecule has 2 nitrogen and oxygen atoms in total. The van der Waals surface area contributed by atoms with Crippen molar-refractivity contribution in [3.05, 3.63) is 44.9 Å². The molecule has 0 amide bonds. The van der Waals surface area contributed by atoms with E-state index in [0.29, 0.717) is 3.57 Å². The van der Waals surface area contributed by atoms with Crippen LogP contribution in [0.25, 0.3) is 11.1 Å². The van der Waals surface area contributed by atoms with Crippen molar-refractivity contribution < 1.29 is 22.0 Å². The fraction of sp³-hybridized carbons (Fsp3) is 0. The minimum Gasteiger partial charge on any atom is -0.383 e. The zero-order chi connectivity index (χ0) is 14.3. The minimum atomic E-state index is -2.20. The lowest BCUT2D eigenvalue weighted by Crippen LogP contribution is -2.05. The second kappa shape index (κ2) is 4.91. The monoisotopic (exact) mass is 386 g/mol. The van der Waals surface area contributed by atoms with Crippen LogP contribution < -0.4 is 5.73 Å². The SMILES string of the molecule is Nc1ncc(-c2c(F)c(F)c(F)c(F)c2F)cc1I. The summed E-state index contributed by atoms with van der Waals surface area (Å²) in [5.74, 6) is -9.91. The number of halogens is 6. The van der Waals surface area contributed by atoms with Crippen molar-refractivity contribution >= 4 is 28.4 Å². The van der Waals surface area contributed by atoms with E-state index in [1.807, 2.05) is 0 Å². The van der Waals surface area contributed by atoms with E-state index in [1.165, 1.54) is 6.07 Å². The Kier molecular flexibility index (Phi) is 3.61. The highest BCUT2D eigenvalue weighted by Crippen LogP contribution is 2.32. The van der Waals surface area contributed by atoms with Gasteiger partial charge in [0.2, 0.25) is 5.82 Å². The molecule has 0 spiro atoms. The van der Waals surface area contributed by atoms with Gasteiger partial charge >= 0.3 is 0 Å². The van der Waals surface area contributed by atoms with Crippen LogP contribution in [-0.4, -0.2) is 4.98 Å². The number of benzene rings is 1. The van der Waals surface area contributed by atoms with E-state index in [-0.39, 0.29) is 11.4 Å². The van der Waals surface area contributed by atoms with Crippen LogP contribution in [0.15, 0.2) is 12.3 Å². The summed E-state index contributed by atoms with van der Waals surface area (Å²) in [6.45, 7) is 0. The standard InChI is InChI=1S/C11H4F5IN2/c12-6-5(3-1-4(17)11(18)19-2-3)7(13)9(15)10(16)8(6)14/h1-2H,(H2,18,19). The van der Waals surface area contributed by atoms with E-state index < -0.39 is 34.6 Å². The average molecular weight is 386 g/mol. The molecular weight excluding hydrogens is 382 g/mol. The molecule has 2 aromatic rings. The largest absolute Gasteiger partial charge is 0.383 e. The first-order valence-electron chi connectivity index (χ1n) is 4.77. The van der Waals surface area contributed by atoms with Gasteiger partial charge in [-0.2, -0.15) is 0 Å². The van der Waals surface area contributed by atoms with E-state index in [1.54, 1.807) is 22.6 Å². The minimum absolute atomic E-state index is 0.0909. The number of rotatable bonds is 1. The first-order valence-corrected chi connectivity index (χ1v) is 5.85. The molecule has 1 aromatic heterocycles. The highest BCUT2D eigenvalue weighted by atomic mass is 127. The van der Waals surface area contributed by atoms with Gasteiger partial charge < -0.3 is 5.73 Å². The van der Waals surface area contributed by atoms with Gasteiger partial charge in [-0.1, -0.05) is 0 Å². The Labute approximate surface area is 117 Å². The maximum absolute atomic E-state index is 13.5. The molecule has 8 heteroatoms. The molecule has 100 valence electrons. The Balaban J connectivity index is 2.79. The quantitative estimate of drug-likeness (QED) is 0.352. The van der Waals surface area contributed by atoms with Crippen LogP contribution in [0, 0.1) is 32.7 Å². The van der Waals surface area contributed by atoms with Crippen LogP contribution in [0.3, 0.4) is 0 Å². The fourth-order valence-corrected chi connectivity index (χ4v) is 1.92. The summed E-state index contributed by atoms with van der Waals surface area (Å²) in [5.41, 5.74) is 4.14. The van der Waals surface area contributed by atoms with Crippen molar-refractivity contribution in [1.82, 2.24) is 4.98 Å². The summed E-state index contributed by atoms with van der Waals surface area (Å²) in [5, 5.41) is 0. The third-order valence-electron chi connectivity index (χ3n) is 2.37. The van der Waals surface area contributed by atoms with Crippen molar-refractivity contribution in [1.29, 1.82) is 0 Å². The van der Waals surface area contributed by atoms with Gasteiger partial charge in [0.1, 0.15) is 5.82 Å². The van der Waals surface area contributed by atoms with Gasteiger partial charge in [0, 0.05) is 11.8 Å². The normalized spacial score (nSPS) is 10.8. The molecule has 0 unspecified atom stereocenters. The predicted octanol–water partition coefficient (Wildman–Crippen LogP) is 3.63. The Morgan fingerprint density at radius 2 is 1.37 bits per heavy atom. The lowest BCUT2D eigenvalue weighted by atomic mass is 10.1. The molecule has 0 aliphatic rings. The van der Waals surface area contributed by atoms with Crippen LogP contribution in [0.4, 0.5) is 27.8 Å². The Bertz CT molecular complexity index is 646. The van der Waals surface area contributed by atoms with Gasteiger partial charge in [-0.05, 0) is 28.7 Å². The molecule has 0 fully saturated rings. The second-order valence-corrected chi connectivity index (χ2v) is 4.70. The van der Waals surface area contributed by atoms with Crippen LogP contribution in [0.2, 0.25) is 0 Å². The molecule has 0 bridgehead atoms. The molecule has 0 aliphatic heterocycles. The zero-order valence-electron chi connectivity index (χ0n) is 8.95. The van der Waals surface area contributed by atoms with Crippen LogP contribution in [0.1, 0.15) is 0 Å². The third kappa shape index (κ3) is 2.24. The first kappa shape index (κ1) is 14.0. The van der Waals surface area contributed by atoms with Crippen LogP contribution in [-0.2, 0) is 0 Å². The molecule has 0 radical (unpaired) electrons. The van der Waals surface area contributed by atoms with E-state index in [2.05, 4.69) is 4.98 Å². The van der Waals surface area contributed by atoms with Gasteiger partial charge in [-0.25, -0.2) is 26.9 Å². The number of nitrogens with zero attached hydrogens (tertiary/aromatic N) is 1. The fourth-order valence-electron chi connectivity index (χ4n) is 1.44. The van der Waals surface area contributed by atoms with Crippen molar-refractivity contribution in [2.24, 2.45) is 0 Å². The summed E-state index contributed by atoms with van der Waals surface area (Å²) in [6, 6.07) is 1.18. The maximum Gasteiger partial charge on any atom is 0.200 e. The lowest BCUT2D eigenvalue weighted by molar-refractivity contribution is 0.381. The number of aromatic nitrogens is 1. The lowest BCUT2D eigenvalue weighted by Gasteiger charge is -2.09. The zero-order valence-corrected chi connectivity index (χ0v) is 11.1. The molecule has 2 rings (SSSR count). The maximum atomic E-state index is 13.5. The number of hydrogen-bond acceptors (Lipinski definition) is 2. The van der Waals surface area contributed by atoms with E-state index in [9.17, 15) is 22.0 Å². The number of hydrogen-bond donors (Lipinski definition) is 1. The van der Waals surface area contributed by atoms with Gasteiger partial charge in [0.05, 0.1) is 9.13 Å². The van der Waals surface area contributed by atoms with Crippen molar-refractivity contribution in [2.45, 2.75) is 0 Å². The highest BCUT2D eigenvalue weighted by Gasteiger charge is 2.26. The smallest absolute Gasteiger partial charge is 0.200 e. The van der Waals surface area contributed by atoms with E-state index >= 15 is 0 Å². The van der Waals surface area contributed by atoms with Crippen molar-refractivity contribution in [2.75, 3.05) is 5.73 Å². The predicted molar refractivity (Wildman–Crippen MR) is 66.6 cm³/mol. The molecular formula is C11H4F5IN2. The van der Waals surface area contributed by atoms with Crippen LogP contribution >= 0.6 is 22.6 Å². The van der Waals surface area contributed by atoms with Crippen LogP contribution in [0.5, 0.6) is 0 Å². The second-order valence-electron chi connectivity index (χ2n) is 3.54. The summed E-state index contributed by atoms with van der Waals surface area (Å²) < 4.78 is 66.4. The van der Waals surface area contributed by atoms with Gasteiger partial charge in [0.25, 0.3) is 0 Å². The third-order valence-corrected chi connectivity index (χ3v) is 3.23. The summed E-state index contributed by atoms with van der Waals surface area (Å²) in [4.78, 5) is 3.62. The molecule has 2 N–H and O–H groups in total. The molecule has 0 saturated carbocycles. The Hall–Kier alpha value is -1.45. The molecule has 0 aliphatic carbocycles. The number of nitrogen functional groups attached to an aromatic ring is 1.